The highest BCUT2D eigenvalue weighted by Gasteiger charge is 2.21. The van der Waals surface area contributed by atoms with Crippen molar-refractivity contribution in [2.45, 2.75) is 83.5 Å². The van der Waals surface area contributed by atoms with Crippen LogP contribution in [0.4, 0.5) is 0 Å². The molecule has 1 aromatic heterocycles. The van der Waals surface area contributed by atoms with Crippen LogP contribution in [0.25, 0.3) is 11.5 Å². The predicted molar refractivity (Wildman–Crippen MR) is 98.0 cm³/mol. The smallest absolute Gasteiger partial charge is 0.247 e. The third-order valence-electron chi connectivity index (χ3n) is 5.16. The first-order valence-electron chi connectivity index (χ1n) is 9.79. The molecule has 0 bridgehead atoms. The van der Waals surface area contributed by atoms with Crippen LogP contribution in [0.1, 0.15) is 88.5 Å². The Morgan fingerprint density at radius 3 is 2.42 bits per heavy atom. The maximum absolute atomic E-state index is 5.95. The monoisotopic (exact) mass is 326 g/mol. The van der Waals surface area contributed by atoms with Gasteiger partial charge in [-0.25, -0.2) is 0 Å². The highest BCUT2D eigenvalue weighted by Crippen LogP contribution is 2.33. The average Bonchev–Trinajstić information content (AvgIpc) is 3.13. The molecule has 0 saturated heterocycles. The summed E-state index contributed by atoms with van der Waals surface area (Å²) in [7, 11) is 0. The van der Waals surface area contributed by atoms with Crippen molar-refractivity contribution in [1.82, 2.24) is 10.2 Å². The van der Waals surface area contributed by atoms with Crippen LogP contribution in [-0.4, -0.2) is 10.2 Å². The lowest BCUT2D eigenvalue weighted by atomic mass is 9.89. The topological polar surface area (TPSA) is 38.9 Å². The highest BCUT2D eigenvalue weighted by molar-refractivity contribution is 5.53. The molecule has 0 spiro atoms. The Morgan fingerprint density at radius 1 is 0.917 bits per heavy atom. The van der Waals surface area contributed by atoms with Crippen molar-refractivity contribution in [3.63, 3.8) is 0 Å². The lowest BCUT2D eigenvalue weighted by molar-refractivity contribution is 0.367. The van der Waals surface area contributed by atoms with Gasteiger partial charge in [0.1, 0.15) is 0 Å². The number of aryl methyl sites for hydroxylation is 1. The normalized spacial score (nSPS) is 15.7. The summed E-state index contributed by atoms with van der Waals surface area (Å²) in [5.74, 6) is 1.98. The molecule has 0 atom stereocenters. The average molecular weight is 326 g/mol. The first kappa shape index (κ1) is 17.2. The fourth-order valence-corrected chi connectivity index (χ4v) is 3.61. The second-order valence-corrected chi connectivity index (χ2v) is 7.14. The number of hydrogen-bond acceptors (Lipinski definition) is 3. The number of unbranched alkanes of at least 4 members (excludes halogenated alkanes) is 4. The quantitative estimate of drug-likeness (QED) is 0.534. The van der Waals surface area contributed by atoms with Crippen LogP contribution >= 0.6 is 0 Å². The summed E-state index contributed by atoms with van der Waals surface area (Å²) in [6.07, 6.45) is 14.1. The molecule has 0 amide bonds. The van der Waals surface area contributed by atoms with E-state index in [4.69, 9.17) is 4.42 Å². The van der Waals surface area contributed by atoms with E-state index in [9.17, 15) is 0 Å². The molecule has 1 aliphatic rings. The SMILES string of the molecule is CCCCCCCc1ccc(-c2nnc(C3CCCCC3)o2)cc1. The van der Waals surface area contributed by atoms with Crippen LogP contribution in [0.15, 0.2) is 28.7 Å². The molecule has 0 radical (unpaired) electrons. The third-order valence-corrected chi connectivity index (χ3v) is 5.16. The van der Waals surface area contributed by atoms with E-state index in [2.05, 4.69) is 41.4 Å². The molecule has 1 fully saturated rings. The van der Waals surface area contributed by atoms with Gasteiger partial charge < -0.3 is 4.42 Å². The lowest BCUT2D eigenvalue weighted by Crippen LogP contribution is -2.04. The van der Waals surface area contributed by atoms with E-state index in [0.717, 1.165) is 11.5 Å². The molecule has 1 saturated carbocycles. The van der Waals surface area contributed by atoms with Crippen LogP contribution in [0.2, 0.25) is 0 Å². The summed E-state index contributed by atoms with van der Waals surface area (Å²) in [5.41, 5.74) is 2.45. The summed E-state index contributed by atoms with van der Waals surface area (Å²) in [5, 5.41) is 8.57. The van der Waals surface area contributed by atoms with E-state index >= 15 is 0 Å². The van der Waals surface area contributed by atoms with Crippen molar-refractivity contribution < 1.29 is 4.42 Å². The van der Waals surface area contributed by atoms with Gasteiger partial charge in [-0.2, -0.15) is 0 Å². The van der Waals surface area contributed by atoms with E-state index in [-0.39, 0.29) is 0 Å². The second kappa shape index (κ2) is 9.00. The van der Waals surface area contributed by atoms with Crippen molar-refractivity contribution in [2.24, 2.45) is 0 Å². The zero-order valence-corrected chi connectivity index (χ0v) is 15.0. The minimum atomic E-state index is 0.474. The van der Waals surface area contributed by atoms with Gasteiger partial charge >= 0.3 is 0 Å². The fraction of sp³-hybridized carbons (Fsp3) is 0.619. The molecule has 1 aliphatic carbocycles. The molecule has 130 valence electrons. The Morgan fingerprint density at radius 2 is 1.67 bits per heavy atom. The first-order valence-corrected chi connectivity index (χ1v) is 9.79. The van der Waals surface area contributed by atoms with Gasteiger partial charge in [-0.1, -0.05) is 64.0 Å². The van der Waals surface area contributed by atoms with Crippen LogP contribution in [0.5, 0.6) is 0 Å². The summed E-state index contributed by atoms with van der Waals surface area (Å²) in [6.45, 7) is 2.26. The summed E-state index contributed by atoms with van der Waals surface area (Å²) >= 11 is 0. The number of nitrogens with zero attached hydrogens (tertiary/aromatic N) is 2. The van der Waals surface area contributed by atoms with Gasteiger partial charge in [-0.3, -0.25) is 0 Å². The van der Waals surface area contributed by atoms with Crippen molar-refractivity contribution in [1.29, 1.82) is 0 Å². The van der Waals surface area contributed by atoms with Crippen LogP contribution in [-0.2, 0) is 6.42 Å². The zero-order valence-electron chi connectivity index (χ0n) is 15.0. The zero-order chi connectivity index (χ0) is 16.6. The molecule has 0 unspecified atom stereocenters. The molecular formula is C21H30N2O. The van der Waals surface area contributed by atoms with Crippen molar-refractivity contribution in [3.8, 4) is 11.5 Å². The van der Waals surface area contributed by atoms with Crippen molar-refractivity contribution in [3.05, 3.63) is 35.7 Å². The second-order valence-electron chi connectivity index (χ2n) is 7.14. The van der Waals surface area contributed by atoms with E-state index in [1.54, 1.807) is 0 Å². The van der Waals surface area contributed by atoms with Crippen LogP contribution in [0.3, 0.4) is 0 Å². The molecule has 24 heavy (non-hydrogen) atoms. The minimum absolute atomic E-state index is 0.474. The van der Waals surface area contributed by atoms with Gasteiger partial charge in [0.25, 0.3) is 0 Å². The molecule has 0 aliphatic heterocycles. The molecule has 1 heterocycles. The maximum Gasteiger partial charge on any atom is 0.247 e. The van der Waals surface area contributed by atoms with E-state index in [1.807, 2.05) is 0 Å². The Balaban J connectivity index is 1.54. The number of aromatic nitrogens is 2. The Bertz CT molecular complexity index is 597. The fourth-order valence-electron chi connectivity index (χ4n) is 3.61. The van der Waals surface area contributed by atoms with Crippen molar-refractivity contribution in [2.75, 3.05) is 0 Å². The molecule has 1 aromatic carbocycles. The Kier molecular flexibility index (Phi) is 6.45. The largest absolute Gasteiger partial charge is 0.420 e. The number of rotatable bonds is 8. The summed E-state index contributed by atoms with van der Waals surface area (Å²) in [4.78, 5) is 0. The molecule has 2 aromatic rings. The standard InChI is InChI=1S/C21H30N2O/c1-2-3-4-5-7-10-17-13-15-19(16-14-17)21-23-22-20(24-21)18-11-8-6-9-12-18/h13-16,18H,2-12H2,1H3. The molecule has 3 nitrogen and oxygen atoms in total. The maximum atomic E-state index is 5.95. The molecule has 3 rings (SSSR count). The van der Waals surface area contributed by atoms with Crippen LogP contribution in [0, 0.1) is 0 Å². The van der Waals surface area contributed by atoms with Gasteiger partial charge in [0.2, 0.25) is 11.8 Å². The summed E-state index contributed by atoms with van der Waals surface area (Å²) in [6, 6.07) is 8.67. The van der Waals surface area contributed by atoms with Gasteiger partial charge in [0, 0.05) is 11.5 Å². The van der Waals surface area contributed by atoms with Crippen molar-refractivity contribution >= 4 is 0 Å². The summed E-state index contributed by atoms with van der Waals surface area (Å²) < 4.78 is 5.95. The van der Waals surface area contributed by atoms with Gasteiger partial charge in [-0.15, -0.1) is 10.2 Å². The molecule has 3 heteroatoms. The van der Waals surface area contributed by atoms with Gasteiger partial charge in [0.05, 0.1) is 0 Å². The lowest BCUT2D eigenvalue weighted by Gasteiger charge is -2.17. The Hall–Kier alpha value is -1.64. The minimum Gasteiger partial charge on any atom is -0.420 e. The number of benzene rings is 1. The number of hydrogen-bond donors (Lipinski definition) is 0. The Labute approximate surface area is 145 Å². The molecule has 0 N–H and O–H groups in total. The third kappa shape index (κ3) is 4.68. The van der Waals surface area contributed by atoms with E-state index in [0.29, 0.717) is 11.8 Å². The highest BCUT2D eigenvalue weighted by atomic mass is 16.4. The molecular weight excluding hydrogens is 296 g/mol. The predicted octanol–water partition coefficient (Wildman–Crippen LogP) is 6.30. The van der Waals surface area contributed by atoms with E-state index < -0.39 is 0 Å². The first-order chi connectivity index (χ1) is 11.9. The van der Waals surface area contributed by atoms with E-state index in [1.165, 1.54) is 76.2 Å². The van der Waals surface area contributed by atoms with Crippen LogP contribution < -0.4 is 0 Å². The van der Waals surface area contributed by atoms with Gasteiger partial charge in [0.15, 0.2) is 0 Å². The van der Waals surface area contributed by atoms with Gasteiger partial charge in [-0.05, 0) is 43.4 Å².